The van der Waals surface area contributed by atoms with Gasteiger partial charge in [-0.25, -0.2) is 0 Å². The van der Waals surface area contributed by atoms with Gasteiger partial charge >= 0.3 is 34.2 Å². The van der Waals surface area contributed by atoms with Crippen LogP contribution < -0.4 is 0 Å². The predicted molar refractivity (Wildman–Crippen MR) is 180 cm³/mol. The van der Waals surface area contributed by atoms with Crippen LogP contribution in [-0.4, -0.2) is 34.2 Å². The van der Waals surface area contributed by atoms with Gasteiger partial charge in [0.15, 0.2) is 0 Å². The molecule has 8 heteroatoms. The first kappa shape index (κ1) is 37.7. The van der Waals surface area contributed by atoms with Gasteiger partial charge in [0.1, 0.15) is 0 Å². The van der Waals surface area contributed by atoms with Crippen LogP contribution in [0.25, 0.3) is 0 Å². The van der Waals surface area contributed by atoms with Gasteiger partial charge in [-0.05, 0) is 50.4 Å². The summed E-state index contributed by atoms with van der Waals surface area (Å²) in [6, 6.07) is 4.32. The van der Waals surface area contributed by atoms with Gasteiger partial charge in [-0.1, -0.05) is 150 Å². The van der Waals surface area contributed by atoms with E-state index < -0.39 is 34.2 Å². The zero-order chi connectivity index (χ0) is 29.1. The van der Waals surface area contributed by atoms with Crippen molar-refractivity contribution in [2.24, 2.45) is 0 Å². The molecule has 0 saturated carbocycles. The second kappa shape index (κ2) is 20.6. The maximum Gasteiger partial charge on any atom is 0.317 e. The smallest absolute Gasteiger partial charge is 0.317 e. The third kappa shape index (κ3) is 16.8. The zero-order valence-electron chi connectivity index (χ0n) is 27.9. The van der Waals surface area contributed by atoms with Gasteiger partial charge in [0.2, 0.25) is 0 Å². The molecule has 39 heavy (non-hydrogen) atoms. The summed E-state index contributed by atoms with van der Waals surface area (Å²) >= 11 is 0. The third-order valence-electron chi connectivity index (χ3n) is 8.38. The highest BCUT2D eigenvalue weighted by molar-refractivity contribution is 6.93. The van der Waals surface area contributed by atoms with Gasteiger partial charge in [0.05, 0.1) is 0 Å². The van der Waals surface area contributed by atoms with Crippen LogP contribution in [0.4, 0.5) is 0 Å². The lowest BCUT2D eigenvalue weighted by Crippen LogP contribution is -2.67. The average molecular weight is 619 g/mol. The van der Waals surface area contributed by atoms with E-state index in [-0.39, 0.29) is 0 Å². The van der Waals surface area contributed by atoms with Crippen molar-refractivity contribution in [3.05, 3.63) is 0 Å². The average Bonchev–Trinajstić information content (AvgIpc) is 2.84. The molecule has 0 aliphatic carbocycles. The molecule has 0 aromatic carbocycles. The van der Waals surface area contributed by atoms with E-state index in [0.29, 0.717) is 0 Å². The topological polar surface area (TPSA) is 36.9 Å². The maximum atomic E-state index is 7.34. The molecule has 1 fully saturated rings. The summed E-state index contributed by atoms with van der Waals surface area (Å²) in [6.45, 7) is 18.6. The Morgan fingerprint density at radius 3 is 0.769 bits per heavy atom. The van der Waals surface area contributed by atoms with Crippen molar-refractivity contribution in [1.82, 2.24) is 0 Å². The zero-order valence-corrected chi connectivity index (χ0v) is 31.9. The predicted octanol–water partition coefficient (Wildman–Crippen LogP) is 11.8. The first-order chi connectivity index (χ1) is 18.6. The van der Waals surface area contributed by atoms with Gasteiger partial charge in [0, 0.05) is 0 Å². The van der Waals surface area contributed by atoms with Crippen LogP contribution in [0.3, 0.4) is 0 Å². The highest BCUT2D eigenvalue weighted by atomic mass is 28.5. The van der Waals surface area contributed by atoms with E-state index in [2.05, 4.69) is 53.9 Å². The molecule has 0 amide bonds. The molecule has 1 aliphatic heterocycles. The lowest BCUT2D eigenvalue weighted by molar-refractivity contribution is 0.220. The molecule has 0 N–H and O–H groups in total. The third-order valence-corrected chi connectivity index (χ3v) is 27.4. The lowest BCUT2D eigenvalue weighted by Gasteiger charge is -2.50. The van der Waals surface area contributed by atoms with E-state index in [4.69, 9.17) is 16.5 Å². The quantitative estimate of drug-likeness (QED) is 0.0843. The Labute approximate surface area is 250 Å². The van der Waals surface area contributed by atoms with Crippen molar-refractivity contribution in [3.63, 3.8) is 0 Å². The second-order valence-corrected chi connectivity index (χ2v) is 27.6. The van der Waals surface area contributed by atoms with Crippen molar-refractivity contribution in [3.8, 4) is 0 Å². The summed E-state index contributed by atoms with van der Waals surface area (Å²) in [4.78, 5) is 0. The molecular formula is C31H70O4Si4. The van der Waals surface area contributed by atoms with Crippen LogP contribution in [0.2, 0.25) is 50.4 Å². The Bertz CT molecular complexity index is 577. The van der Waals surface area contributed by atoms with Crippen LogP contribution >= 0.6 is 0 Å². The highest BCUT2D eigenvalue weighted by Gasteiger charge is 2.56. The summed E-state index contributed by atoms with van der Waals surface area (Å²) in [7, 11) is -9.58. The number of unbranched alkanes of at least 4 members (excludes halogenated alkanes) is 15. The van der Waals surface area contributed by atoms with E-state index in [9.17, 15) is 0 Å². The van der Waals surface area contributed by atoms with Crippen molar-refractivity contribution in [2.75, 3.05) is 0 Å². The summed E-state index contributed by atoms with van der Waals surface area (Å²) < 4.78 is 29.2. The monoisotopic (exact) mass is 618 g/mol. The van der Waals surface area contributed by atoms with Gasteiger partial charge in [-0.2, -0.15) is 0 Å². The van der Waals surface area contributed by atoms with Crippen molar-refractivity contribution in [1.29, 1.82) is 0 Å². The minimum atomic E-state index is -2.41. The Morgan fingerprint density at radius 1 is 0.282 bits per heavy atom. The molecule has 234 valence electrons. The van der Waals surface area contributed by atoms with Crippen LogP contribution in [0.1, 0.15) is 150 Å². The Balaban J connectivity index is 3.03. The fourth-order valence-electron chi connectivity index (χ4n) is 6.45. The minimum absolute atomic E-state index is 1.05. The van der Waals surface area contributed by atoms with Crippen molar-refractivity contribution >= 4 is 34.2 Å². The van der Waals surface area contributed by atoms with Crippen LogP contribution in [0.5, 0.6) is 0 Å². The van der Waals surface area contributed by atoms with Crippen LogP contribution in [-0.2, 0) is 16.5 Å². The van der Waals surface area contributed by atoms with E-state index in [1.807, 2.05) is 0 Å². The van der Waals surface area contributed by atoms with Crippen molar-refractivity contribution in [2.45, 2.75) is 200 Å². The largest absolute Gasteiger partial charge is 0.416 e. The molecule has 1 rings (SSSR count). The van der Waals surface area contributed by atoms with Gasteiger partial charge in [0.25, 0.3) is 0 Å². The van der Waals surface area contributed by atoms with Crippen molar-refractivity contribution < 1.29 is 16.5 Å². The Kier molecular flexibility index (Phi) is 19.9. The molecule has 0 bridgehead atoms. The Hall–Kier alpha value is 0.708. The van der Waals surface area contributed by atoms with E-state index >= 15 is 0 Å². The molecule has 4 nitrogen and oxygen atoms in total. The minimum Gasteiger partial charge on any atom is -0.416 e. The molecule has 0 radical (unpaired) electrons. The number of rotatable bonds is 23. The van der Waals surface area contributed by atoms with Gasteiger partial charge in [-0.3, -0.25) is 0 Å². The lowest BCUT2D eigenvalue weighted by atomic mass is 10.1. The molecule has 1 heterocycles. The fraction of sp³-hybridized carbons (Fsp3) is 1.00. The normalized spacial score (nSPS) is 29.8. The molecule has 2 unspecified atom stereocenters. The fourth-order valence-corrected chi connectivity index (χ4v) is 30.1. The molecular weight excluding hydrogens is 549 g/mol. The second-order valence-electron chi connectivity index (χ2n) is 13.2. The summed E-state index contributed by atoms with van der Waals surface area (Å²) in [5.41, 5.74) is 0. The summed E-state index contributed by atoms with van der Waals surface area (Å²) in [6.07, 6.45) is 24.7. The maximum absolute atomic E-state index is 7.34. The van der Waals surface area contributed by atoms with E-state index in [1.54, 1.807) is 0 Å². The first-order valence-corrected chi connectivity index (χ1v) is 27.5. The molecule has 0 aromatic heterocycles. The molecule has 0 aromatic rings. The van der Waals surface area contributed by atoms with E-state index in [1.165, 1.54) is 116 Å². The molecule has 0 spiro atoms. The van der Waals surface area contributed by atoms with Crippen LogP contribution in [0.15, 0.2) is 0 Å². The first-order valence-electron chi connectivity index (χ1n) is 17.4. The summed E-state index contributed by atoms with van der Waals surface area (Å²) in [5, 5.41) is 0. The van der Waals surface area contributed by atoms with Gasteiger partial charge < -0.3 is 16.5 Å². The molecule has 1 aliphatic rings. The molecule has 2 atom stereocenters. The standard InChI is InChI=1S/C31H70O4Si4/c1-9-13-16-19-22-25-29-37(6)32-36(5,28-12-4)33-38(7,30-26-23-20-17-14-10-2)35-39(8,34-37)31-27-24-21-18-15-11-3/h9-31H2,1-8H3. The summed E-state index contributed by atoms with van der Waals surface area (Å²) in [5.74, 6) is 0. The SMILES string of the molecule is CCCCCCCC[Si]1(C)O[Si](C)(CCC)O[Si](C)(CCCCCCCC)O[Si](C)(CCCCCCCC)O1. The van der Waals surface area contributed by atoms with Gasteiger partial charge in [-0.15, -0.1) is 0 Å². The molecule has 1 saturated heterocycles. The number of hydrogen-bond acceptors (Lipinski definition) is 4. The number of hydrogen-bond donors (Lipinski definition) is 0. The highest BCUT2D eigenvalue weighted by Crippen LogP contribution is 2.39. The Morgan fingerprint density at radius 2 is 0.513 bits per heavy atom. The van der Waals surface area contributed by atoms with E-state index in [0.717, 1.165) is 30.6 Å². The van der Waals surface area contributed by atoms with Crippen LogP contribution in [0, 0.1) is 0 Å².